The largest absolute Gasteiger partial charge is 0.378 e. The molecule has 1 aromatic heterocycles. The quantitative estimate of drug-likeness (QED) is 0.874. The van der Waals surface area contributed by atoms with Crippen LogP contribution in [0.2, 0.25) is 0 Å². The van der Waals surface area contributed by atoms with Gasteiger partial charge in [-0.2, -0.15) is 0 Å². The molecule has 0 unspecified atom stereocenters. The summed E-state index contributed by atoms with van der Waals surface area (Å²) >= 11 is 0. The first-order valence-corrected chi connectivity index (χ1v) is 7.83. The minimum absolute atomic E-state index is 0.131. The molecule has 21 heavy (non-hydrogen) atoms. The second-order valence-corrected chi connectivity index (χ2v) is 5.95. The number of hydrogen-bond acceptors (Lipinski definition) is 2. The minimum atomic E-state index is 0.131. The van der Waals surface area contributed by atoms with Crippen molar-refractivity contribution >= 4 is 16.8 Å². The number of nitrogens with one attached hydrogen (secondary N) is 1. The summed E-state index contributed by atoms with van der Waals surface area (Å²) in [7, 11) is 0. The monoisotopic (exact) mass is 284 g/mol. The molecule has 1 saturated heterocycles. The number of hydrogen-bond donors (Lipinski definition) is 1. The van der Waals surface area contributed by atoms with Crippen LogP contribution in [0, 0.1) is 0 Å². The van der Waals surface area contributed by atoms with Crippen LogP contribution in [0.25, 0.3) is 10.9 Å². The zero-order chi connectivity index (χ0) is 14.2. The zero-order valence-electron chi connectivity index (χ0n) is 12.2. The predicted octanol–water partition coefficient (Wildman–Crippen LogP) is 2.52. The maximum Gasteiger partial charge on any atom is 0.254 e. The van der Waals surface area contributed by atoms with Gasteiger partial charge in [-0.3, -0.25) is 4.79 Å². The van der Waals surface area contributed by atoms with E-state index in [-0.39, 0.29) is 5.91 Å². The number of carbonyl (C=O) groups excluding carboxylic acids is 1. The van der Waals surface area contributed by atoms with Crippen LogP contribution in [0.3, 0.4) is 0 Å². The number of aromatic nitrogens is 1. The molecule has 2 aromatic rings. The highest BCUT2D eigenvalue weighted by Crippen LogP contribution is 2.30. The number of nitrogens with zero attached hydrogens (tertiary/aromatic N) is 1. The van der Waals surface area contributed by atoms with Crippen LogP contribution in [-0.2, 0) is 17.6 Å². The molecule has 4 nitrogen and oxygen atoms in total. The summed E-state index contributed by atoms with van der Waals surface area (Å²) in [6.07, 6.45) is 4.78. The van der Waals surface area contributed by atoms with Crippen molar-refractivity contribution in [2.75, 3.05) is 26.3 Å². The maximum atomic E-state index is 12.6. The van der Waals surface area contributed by atoms with Gasteiger partial charge in [0, 0.05) is 35.2 Å². The molecule has 2 aliphatic rings. The summed E-state index contributed by atoms with van der Waals surface area (Å²) in [4.78, 5) is 18.0. The summed E-state index contributed by atoms with van der Waals surface area (Å²) in [5, 5.41) is 1.24. The Morgan fingerprint density at radius 2 is 1.95 bits per heavy atom. The molecule has 1 aromatic carbocycles. The lowest BCUT2D eigenvalue weighted by molar-refractivity contribution is 0.0303. The number of fused-ring (bicyclic) bond motifs is 3. The van der Waals surface area contributed by atoms with Crippen molar-refractivity contribution in [1.29, 1.82) is 0 Å². The van der Waals surface area contributed by atoms with Gasteiger partial charge in [-0.15, -0.1) is 0 Å². The van der Waals surface area contributed by atoms with E-state index in [0.29, 0.717) is 26.3 Å². The summed E-state index contributed by atoms with van der Waals surface area (Å²) in [5.74, 6) is 0.131. The lowest BCUT2D eigenvalue weighted by atomic mass is 9.95. The first kappa shape index (κ1) is 12.9. The molecule has 110 valence electrons. The molecule has 1 fully saturated rings. The standard InChI is InChI=1S/C17H20N2O2/c20-17(19-7-9-21-10-8-19)12-5-6-16-14(11-12)13-3-1-2-4-15(13)18-16/h5-6,11,18H,1-4,7-10H2. The van der Waals surface area contributed by atoms with Crippen molar-refractivity contribution < 1.29 is 9.53 Å². The summed E-state index contributed by atoms with van der Waals surface area (Å²) in [6, 6.07) is 6.08. The van der Waals surface area contributed by atoms with Crippen LogP contribution < -0.4 is 0 Å². The SMILES string of the molecule is O=C(c1ccc2[nH]c3c(c2c1)CCCC3)N1CCOCC1. The fraction of sp³-hybridized carbons (Fsp3) is 0.471. The third kappa shape index (κ3) is 2.23. The Morgan fingerprint density at radius 1 is 1.14 bits per heavy atom. The number of amides is 1. The average Bonchev–Trinajstić information content (AvgIpc) is 2.93. The average molecular weight is 284 g/mol. The number of benzene rings is 1. The van der Waals surface area contributed by atoms with Crippen LogP contribution in [0.4, 0.5) is 0 Å². The summed E-state index contributed by atoms with van der Waals surface area (Å²) < 4.78 is 5.32. The minimum Gasteiger partial charge on any atom is -0.378 e. The lowest BCUT2D eigenvalue weighted by Crippen LogP contribution is -2.40. The zero-order valence-corrected chi connectivity index (χ0v) is 12.2. The highest BCUT2D eigenvalue weighted by molar-refractivity contribution is 5.99. The van der Waals surface area contributed by atoms with Crippen molar-refractivity contribution in [3.05, 3.63) is 35.0 Å². The number of H-pyrrole nitrogens is 1. The Morgan fingerprint density at radius 3 is 2.81 bits per heavy atom. The first-order chi connectivity index (χ1) is 10.3. The van der Waals surface area contributed by atoms with Crippen molar-refractivity contribution in [2.24, 2.45) is 0 Å². The Kier molecular flexibility index (Phi) is 3.19. The Labute approximate surface area is 124 Å². The molecule has 1 N–H and O–H groups in total. The molecule has 1 aliphatic heterocycles. The molecule has 2 heterocycles. The molecule has 0 radical (unpaired) electrons. The number of ether oxygens (including phenoxy) is 1. The van der Waals surface area contributed by atoms with Crippen molar-refractivity contribution in [3.63, 3.8) is 0 Å². The molecule has 0 atom stereocenters. The van der Waals surface area contributed by atoms with Gasteiger partial charge in [-0.05, 0) is 49.4 Å². The van der Waals surface area contributed by atoms with Gasteiger partial charge in [-0.1, -0.05) is 0 Å². The van der Waals surface area contributed by atoms with E-state index in [9.17, 15) is 4.79 Å². The van der Waals surface area contributed by atoms with E-state index in [1.807, 2.05) is 11.0 Å². The van der Waals surface area contributed by atoms with Crippen LogP contribution in [0.1, 0.15) is 34.5 Å². The Hall–Kier alpha value is -1.81. The molecule has 1 amide bonds. The Bertz CT molecular complexity index is 683. The van der Waals surface area contributed by atoms with Crippen LogP contribution in [-0.4, -0.2) is 42.1 Å². The van der Waals surface area contributed by atoms with Gasteiger partial charge in [-0.25, -0.2) is 0 Å². The van der Waals surface area contributed by atoms with E-state index in [2.05, 4.69) is 17.1 Å². The van der Waals surface area contributed by atoms with Gasteiger partial charge in [0.25, 0.3) is 5.91 Å². The van der Waals surface area contributed by atoms with E-state index in [0.717, 1.165) is 18.4 Å². The van der Waals surface area contributed by atoms with Gasteiger partial charge in [0.15, 0.2) is 0 Å². The van der Waals surface area contributed by atoms with Crippen LogP contribution in [0.15, 0.2) is 18.2 Å². The van der Waals surface area contributed by atoms with Gasteiger partial charge >= 0.3 is 0 Å². The van der Waals surface area contributed by atoms with Crippen LogP contribution >= 0.6 is 0 Å². The van der Waals surface area contributed by atoms with Crippen molar-refractivity contribution in [2.45, 2.75) is 25.7 Å². The first-order valence-electron chi connectivity index (χ1n) is 7.83. The smallest absolute Gasteiger partial charge is 0.254 e. The lowest BCUT2D eigenvalue weighted by Gasteiger charge is -2.26. The third-order valence-corrected chi connectivity index (χ3v) is 4.64. The van der Waals surface area contributed by atoms with Crippen molar-refractivity contribution in [3.8, 4) is 0 Å². The normalized spacial score (nSPS) is 18.8. The van der Waals surface area contributed by atoms with Gasteiger partial charge in [0.05, 0.1) is 13.2 Å². The highest BCUT2D eigenvalue weighted by Gasteiger charge is 2.21. The summed E-state index contributed by atoms with van der Waals surface area (Å²) in [6.45, 7) is 2.69. The number of rotatable bonds is 1. The number of morpholine rings is 1. The van der Waals surface area contributed by atoms with E-state index in [4.69, 9.17) is 4.74 Å². The van der Waals surface area contributed by atoms with E-state index < -0.39 is 0 Å². The number of carbonyl (C=O) groups is 1. The van der Waals surface area contributed by atoms with Crippen molar-refractivity contribution in [1.82, 2.24) is 9.88 Å². The number of aromatic amines is 1. The summed E-state index contributed by atoms with van der Waals surface area (Å²) in [5.41, 5.74) is 4.76. The second-order valence-electron chi connectivity index (χ2n) is 5.95. The van der Waals surface area contributed by atoms with E-state index in [1.165, 1.54) is 35.0 Å². The Balaban J connectivity index is 1.71. The molecular formula is C17H20N2O2. The van der Waals surface area contributed by atoms with Gasteiger partial charge < -0.3 is 14.6 Å². The molecule has 4 heteroatoms. The topological polar surface area (TPSA) is 45.3 Å². The van der Waals surface area contributed by atoms with E-state index in [1.54, 1.807) is 0 Å². The molecule has 0 spiro atoms. The molecule has 1 aliphatic carbocycles. The predicted molar refractivity (Wildman–Crippen MR) is 81.7 cm³/mol. The molecule has 4 rings (SSSR count). The van der Waals surface area contributed by atoms with Crippen LogP contribution in [0.5, 0.6) is 0 Å². The highest BCUT2D eigenvalue weighted by atomic mass is 16.5. The fourth-order valence-corrected chi connectivity index (χ4v) is 3.49. The van der Waals surface area contributed by atoms with E-state index >= 15 is 0 Å². The number of aryl methyl sites for hydroxylation is 2. The molecule has 0 bridgehead atoms. The second kappa shape index (κ2) is 5.19. The fourth-order valence-electron chi connectivity index (χ4n) is 3.49. The third-order valence-electron chi connectivity index (χ3n) is 4.64. The molecular weight excluding hydrogens is 264 g/mol. The maximum absolute atomic E-state index is 12.6. The van der Waals surface area contributed by atoms with Gasteiger partial charge in [0.1, 0.15) is 0 Å². The van der Waals surface area contributed by atoms with Gasteiger partial charge in [0.2, 0.25) is 0 Å². The molecule has 0 saturated carbocycles.